The predicted molar refractivity (Wildman–Crippen MR) is 143 cm³/mol. The number of carbonyl (C=O) groups is 2. The average Bonchev–Trinajstić information content (AvgIpc) is 3.34. The molecule has 2 heterocycles. The number of halogens is 4. The van der Waals surface area contributed by atoms with Crippen molar-refractivity contribution >= 4 is 40.5 Å². The first-order valence-electron chi connectivity index (χ1n) is 12.4. The Bertz CT molecular complexity index is 1380. The molecule has 40 heavy (non-hydrogen) atoms. The number of ether oxygens (including phenoxy) is 1. The first kappa shape index (κ1) is 30.8. The molecule has 2 fully saturated rings. The van der Waals surface area contributed by atoms with Crippen LogP contribution in [0.1, 0.15) is 45.7 Å². The lowest BCUT2D eigenvalue weighted by molar-refractivity contribution is -0.137. The zero-order valence-electron chi connectivity index (χ0n) is 22.4. The largest absolute Gasteiger partial charge is 0.483 e. The van der Waals surface area contributed by atoms with Crippen LogP contribution in [0.3, 0.4) is 0 Å². The van der Waals surface area contributed by atoms with E-state index >= 15 is 4.39 Å². The molecule has 2 amide bonds. The summed E-state index contributed by atoms with van der Waals surface area (Å²) in [5.74, 6) is -1.94. The number of benzene rings is 2. The van der Waals surface area contributed by atoms with Crippen molar-refractivity contribution in [1.82, 2.24) is 4.90 Å². The van der Waals surface area contributed by atoms with Gasteiger partial charge < -0.3 is 19.6 Å². The summed E-state index contributed by atoms with van der Waals surface area (Å²) in [6.45, 7) is 8.46. The highest BCUT2D eigenvalue weighted by Crippen LogP contribution is 2.40. The van der Waals surface area contributed by atoms with Crippen LogP contribution in [0.25, 0.3) is 0 Å². The summed E-state index contributed by atoms with van der Waals surface area (Å²) in [6.07, 6.45) is -6.70. The number of rotatable bonds is 4. The number of β-amino-alcohol motifs (C(OH)–C–C–N with tert-alkyl or cyclic N) is 1. The molecule has 2 aliphatic rings. The van der Waals surface area contributed by atoms with E-state index in [1.54, 1.807) is 0 Å². The third-order valence-electron chi connectivity index (χ3n) is 6.49. The zero-order valence-corrected chi connectivity index (χ0v) is 23.2. The number of amides is 2. The van der Waals surface area contributed by atoms with Crippen LogP contribution < -0.4 is 14.5 Å². The molecule has 13 heteroatoms. The molecule has 2 atom stereocenters. The standard InChI is InChI=1S/C25H22F4N4O4S.C2H6/c1-13(34)31-11-19(35)21(12-31)37-20-7-6-16(9-18(20)26)33-23(38)32(22(36)24(33,2)3)15-5-4-14(10-30)17(8-15)25(27,28)29;1-2/h4-9,19,21,35H,11-12H2,1-3H3;1-2H3. The molecule has 1 N–H and O–H groups in total. The minimum absolute atomic E-state index is 0.0548. The summed E-state index contributed by atoms with van der Waals surface area (Å²) >= 11 is 5.46. The Labute approximate surface area is 234 Å². The highest BCUT2D eigenvalue weighted by atomic mass is 32.1. The average molecular weight is 581 g/mol. The molecule has 0 spiro atoms. The van der Waals surface area contributed by atoms with E-state index in [9.17, 15) is 27.9 Å². The van der Waals surface area contributed by atoms with Crippen molar-refractivity contribution in [3.8, 4) is 11.8 Å². The second kappa shape index (κ2) is 11.4. The van der Waals surface area contributed by atoms with E-state index < -0.39 is 46.8 Å². The number of alkyl halides is 3. The summed E-state index contributed by atoms with van der Waals surface area (Å²) in [5, 5.41) is 19.0. The van der Waals surface area contributed by atoms with Crippen molar-refractivity contribution in [3.05, 3.63) is 53.3 Å². The van der Waals surface area contributed by atoms with E-state index in [2.05, 4.69) is 0 Å². The number of aliphatic hydroxyl groups excluding tert-OH is 1. The molecular weight excluding hydrogens is 552 g/mol. The number of likely N-dealkylation sites (tertiary alicyclic amines) is 1. The first-order chi connectivity index (χ1) is 18.7. The van der Waals surface area contributed by atoms with Gasteiger partial charge in [0.1, 0.15) is 17.7 Å². The molecule has 0 bridgehead atoms. The Hall–Kier alpha value is -3.76. The van der Waals surface area contributed by atoms with Crippen LogP contribution in [0.15, 0.2) is 36.4 Å². The Balaban J connectivity index is 0.00000216. The zero-order chi connectivity index (χ0) is 30.2. The fourth-order valence-electron chi connectivity index (χ4n) is 4.48. The van der Waals surface area contributed by atoms with Crippen LogP contribution in [0.4, 0.5) is 28.9 Å². The number of nitrogens with zero attached hydrogens (tertiary/aromatic N) is 4. The lowest BCUT2D eigenvalue weighted by atomic mass is 10.0. The molecule has 0 aliphatic carbocycles. The van der Waals surface area contributed by atoms with E-state index in [4.69, 9.17) is 22.2 Å². The van der Waals surface area contributed by atoms with Gasteiger partial charge in [-0.15, -0.1) is 0 Å². The van der Waals surface area contributed by atoms with Gasteiger partial charge in [0.2, 0.25) is 5.91 Å². The van der Waals surface area contributed by atoms with Gasteiger partial charge in [-0.05, 0) is 56.4 Å². The number of thiocarbonyl (C=S) groups is 1. The number of anilines is 2. The van der Waals surface area contributed by atoms with Crippen LogP contribution in [-0.2, 0) is 15.8 Å². The van der Waals surface area contributed by atoms with E-state index in [-0.39, 0.29) is 41.2 Å². The quantitative estimate of drug-likeness (QED) is 0.416. The molecule has 2 saturated heterocycles. The summed E-state index contributed by atoms with van der Waals surface area (Å²) < 4.78 is 61.2. The number of aliphatic hydroxyl groups is 1. The topological polar surface area (TPSA) is 97.1 Å². The normalized spacial score (nSPS) is 20.3. The first-order valence-corrected chi connectivity index (χ1v) is 12.8. The monoisotopic (exact) mass is 580 g/mol. The number of nitriles is 1. The fourth-order valence-corrected chi connectivity index (χ4v) is 5.00. The lowest BCUT2D eigenvalue weighted by Gasteiger charge is -2.29. The van der Waals surface area contributed by atoms with Gasteiger partial charge in [-0.25, -0.2) is 4.39 Å². The number of hydrogen-bond donors (Lipinski definition) is 1. The van der Waals surface area contributed by atoms with Gasteiger partial charge in [0, 0.05) is 18.7 Å². The molecule has 2 aromatic carbocycles. The Morgan fingerprint density at radius 3 is 2.30 bits per heavy atom. The Morgan fingerprint density at radius 1 is 1.15 bits per heavy atom. The molecule has 0 saturated carbocycles. The van der Waals surface area contributed by atoms with E-state index in [1.165, 1.54) is 54.8 Å². The third kappa shape index (κ3) is 5.59. The fraction of sp³-hybridized carbons (Fsp3) is 0.407. The van der Waals surface area contributed by atoms with Gasteiger partial charge in [0.25, 0.3) is 5.91 Å². The molecule has 2 unspecified atom stereocenters. The smallest absolute Gasteiger partial charge is 0.417 e. The van der Waals surface area contributed by atoms with Crippen LogP contribution >= 0.6 is 12.2 Å². The molecule has 8 nitrogen and oxygen atoms in total. The van der Waals surface area contributed by atoms with Crippen molar-refractivity contribution < 1.29 is 37.0 Å². The van der Waals surface area contributed by atoms with Crippen LogP contribution in [0.2, 0.25) is 0 Å². The second-order valence-electron chi connectivity index (χ2n) is 9.42. The van der Waals surface area contributed by atoms with Gasteiger partial charge in [-0.3, -0.25) is 14.5 Å². The van der Waals surface area contributed by atoms with Gasteiger partial charge in [0.05, 0.1) is 36.0 Å². The Kier molecular flexibility index (Phi) is 8.76. The molecular formula is C27H28F4N4O4S. The number of hydrogen-bond acceptors (Lipinski definition) is 6. The van der Waals surface area contributed by atoms with Crippen molar-refractivity contribution in [3.63, 3.8) is 0 Å². The summed E-state index contributed by atoms with van der Waals surface area (Å²) in [4.78, 5) is 28.5. The maximum absolute atomic E-state index is 15.1. The lowest BCUT2D eigenvalue weighted by Crippen LogP contribution is -2.44. The highest BCUT2D eigenvalue weighted by Gasteiger charge is 2.51. The van der Waals surface area contributed by atoms with Gasteiger partial charge in [0.15, 0.2) is 16.7 Å². The maximum atomic E-state index is 15.1. The van der Waals surface area contributed by atoms with Crippen LogP contribution in [0.5, 0.6) is 5.75 Å². The van der Waals surface area contributed by atoms with Crippen molar-refractivity contribution in [2.45, 2.75) is 58.5 Å². The molecule has 2 aromatic rings. The van der Waals surface area contributed by atoms with Crippen LogP contribution in [0, 0.1) is 17.1 Å². The summed E-state index contributed by atoms with van der Waals surface area (Å²) in [6, 6.07) is 8.07. The number of carbonyl (C=O) groups excluding carboxylic acids is 2. The Morgan fingerprint density at radius 2 is 1.77 bits per heavy atom. The van der Waals surface area contributed by atoms with Gasteiger partial charge >= 0.3 is 6.18 Å². The van der Waals surface area contributed by atoms with Crippen molar-refractivity contribution in [2.24, 2.45) is 0 Å². The van der Waals surface area contributed by atoms with E-state index in [1.807, 2.05) is 13.8 Å². The molecule has 214 valence electrons. The van der Waals surface area contributed by atoms with Gasteiger partial charge in [-0.2, -0.15) is 18.4 Å². The third-order valence-corrected chi connectivity index (χ3v) is 6.85. The second-order valence-corrected chi connectivity index (χ2v) is 9.78. The highest BCUT2D eigenvalue weighted by molar-refractivity contribution is 7.81. The molecule has 2 aliphatic heterocycles. The maximum Gasteiger partial charge on any atom is 0.417 e. The summed E-state index contributed by atoms with van der Waals surface area (Å²) in [7, 11) is 0. The van der Waals surface area contributed by atoms with E-state index in [0.717, 1.165) is 17.0 Å². The van der Waals surface area contributed by atoms with Gasteiger partial charge in [-0.1, -0.05) is 13.8 Å². The molecule has 0 radical (unpaired) electrons. The van der Waals surface area contributed by atoms with E-state index in [0.29, 0.717) is 6.07 Å². The van der Waals surface area contributed by atoms with Crippen molar-refractivity contribution in [1.29, 1.82) is 5.26 Å². The van der Waals surface area contributed by atoms with Crippen LogP contribution in [-0.4, -0.2) is 57.8 Å². The predicted octanol–water partition coefficient (Wildman–Crippen LogP) is 4.63. The minimum Gasteiger partial charge on any atom is -0.483 e. The SMILES string of the molecule is CC.CC(=O)N1CC(O)C(Oc2ccc(N3C(=S)N(c4ccc(C#N)c(C(F)(F)F)c4)C(=O)C3(C)C)cc2F)C1. The molecule has 0 aromatic heterocycles. The van der Waals surface area contributed by atoms with Crippen molar-refractivity contribution in [2.75, 3.05) is 22.9 Å². The molecule has 4 rings (SSSR count). The minimum atomic E-state index is -4.84. The summed E-state index contributed by atoms with van der Waals surface area (Å²) in [5.41, 5.74) is -3.27.